The zero-order valence-corrected chi connectivity index (χ0v) is 14.9. The normalized spacial score (nSPS) is 26.7. The quantitative estimate of drug-likeness (QED) is 0.832. The molecule has 2 aliphatic rings. The number of aryl methyl sites for hydroxylation is 2. The van der Waals surface area contributed by atoms with E-state index in [-0.39, 0.29) is 12.2 Å². The SMILES string of the molecule is Cc1noc(C)c1CN1CCO[C@H]2[C@@H](OCc3ccncc3)CC[C@@H]21. The molecule has 0 radical (unpaired) electrons. The van der Waals surface area contributed by atoms with Crippen molar-refractivity contribution in [1.29, 1.82) is 0 Å². The Balaban J connectivity index is 1.40. The zero-order valence-electron chi connectivity index (χ0n) is 14.9. The number of ether oxygens (including phenoxy) is 2. The second-order valence-corrected chi connectivity index (χ2v) is 6.96. The summed E-state index contributed by atoms with van der Waals surface area (Å²) >= 11 is 0. The van der Waals surface area contributed by atoms with Crippen LogP contribution in [0.5, 0.6) is 0 Å². The van der Waals surface area contributed by atoms with Crippen LogP contribution in [0.1, 0.15) is 35.4 Å². The molecule has 3 atom stereocenters. The third kappa shape index (κ3) is 3.47. The van der Waals surface area contributed by atoms with Gasteiger partial charge in [0.1, 0.15) is 5.76 Å². The van der Waals surface area contributed by atoms with Crippen LogP contribution in [0.2, 0.25) is 0 Å². The van der Waals surface area contributed by atoms with E-state index in [2.05, 4.69) is 15.0 Å². The Morgan fingerprint density at radius 1 is 1.24 bits per heavy atom. The van der Waals surface area contributed by atoms with Gasteiger partial charge in [-0.15, -0.1) is 0 Å². The van der Waals surface area contributed by atoms with E-state index < -0.39 is 0 Å². The number of hydrogen-bond acceptors (Lipinski definition) is 6. The molecular formula is C19H25N3O3. The molecule has 6 heteroatoms. The molecule has 0 spiro atoms. The van der Waals surface area contributed by atoms with Gasteiger partial charge < -0.3 is 14.0 Å². The van der Waals surface area contributed by atoms with Gasteiger partial charge in [0, 0.05) is 37.1 Å². The van der Waals surface area contributed by atoms with Crippen molar-refractivity contribution in [3.8, 4) is 0 Å². The molecule has 2 aromatic rings. The fourth-order valence-electron chi connectivity index (χ4n) is 3.98. The van der Waals surface area contributed by atoms with Crippen molar-refractivity contribution in [2.75, 3.05) is 13.2 Å². The highest BCUT2D eigenvalue weighted by Crippen LogP contribution is 2.34. The lowest BCUT2D eigenvalue weighted by molar-refractivity contribution is -0.118. The van der Waals surface area contributed by atoms with E-state index in [0.29, 0.717) is 12.6 Å². The van der Waals surface area contributed by atoms with E-state index in [1.54, 1.807) is 12.4 Å². The summed E-state index contributed by atoms with van der Waals surface area (Å²) in [7, 11) is 0. The predicted molar refractivity (Wildman–Crippen MR) is 92.0 cm³/mol. The smallest absolute Gasteiger partial charge is 0.138 e. The van der Waals surface area contributed by atoms with Gasteiger partial charge in [0.2, 0.25) is 0 Å². The molecule has 1 saturated heterocycles. The lowest BCUT2D eigenvalue weighted by atomic mass is 10.1. The minimum atomic E-state index is 0.149. The average molecular weight is 343 g/mol. The van der Waals surface area contributed by atoms with Crippen molar-refractivity contribution in [2.24, 2.45) is 0 Å². The summed E-state index contributed by atoms with van der Waals surface area (Å²) in [5, 5.41) is 4.08. The summed E-state index contributed by atoms with van der Waals surface area (Å²) < 4.78 is 17.6. The molecule has 1 saturated carbocycles. The molecule has 2 fully saturated rings. The highest BCUT2D eigenvalue weighted by molar-refractivity contribution is 5.21. The Morgan fingerprint density at radius 3 is 2.84 bits per heavy atom. The second kappa shape index (κ2) is 7.23. The van der Waals surface area contributed by atoms with E-state index in [9.17, 15) is 0 Å². The maximum Gasteiger partial charge on any atom is 0.138 e. The van der Waals surface area contributed by atoms with Gasteiger partial charge in [-0.3, -0.25) is 9.88 Å². The number of pyridine rings is 1. The van der Waals surface area contributed by atoms with Crippen molar-refractivity contribution in [2.45, 2.75) is 58.1 Å². The average Bonchev–Trinajstić information content (AvgIpc) is 3.20. The Labute approximate surface area is 148 Å². The maximum atomic E-state index is 6.18. The second-order valence-electron chi connectivity index (χ2n) is 6.96. The Kier molecular flexibility index (Phi) is 4.83. The van der Waals surface area contributed by atoms with Gasteiger partial charge in [0.15, 0.2) is 0 Å². The third-order valence-electron chi connectivity index (χ3n) is 5.41. The molecule has 0 unspecified atom stereocenters. The number of aromatic nitrogens is 2. The number of hydrogen-bond donors (Lipinski definition) is 0. The van der Waals surface area contributed by atoms with Crippen LogP contribution in [-0.4, -0.2) is 46.4 Å². The molecule has 3 heterocycles. The van der Waals surface area contributed by atoms with Crippen molar-refractivity contribution in [3.63, 3.8) is 0 Å². The molecule has 25 heavy (non-hydrogen) atoms. The third-order valence-corrected chi connectivity index (χ3v) is 5.41. The van der Waals surface area contributed by atoms with E-state index >= 15 is 0 Å². The maximum absolute atomic E-state index is 6.18. The van der Waals surface area contributed by atoms with Crippen molar-refractivity contribution in [1.82, 2.24) is 15.0 Å². The van der Waals surface area contributed by atoms with Gasteiger partial charge in [0.25, 0.3) is 0 Å². The molecule has 2 aromatic heterocycles. The van der Waals surface area contributed by atoms with Gasteiger partial charge in [-0.2, -0.15) is 0 Å². The first kappa shape index (κ1) is 16.7. The van der Waals surface area contributed by atoms with Crippen LogP contribution in [0.25, 0.3) is 0 Å². The van der Waals surface area contributed by atoms with Gasteiger partial charge in [-0.05, 0) is 44.4 Å². The van der Waals surface area contributed by atoms with E-state index in [1.165, 1.54) is 5.56 Å². The predicted octanol–water partition coefficient (Wildman–Crippen LogP) is 2.64. The molecule has 4 rings (SSSR count). The summed E-state index contributed by atoms with van der Waals surface area (Å²) in [6.07, 6.45) is 6.06. The van der Waals surface area contributed by atoms with Crippen LogP contribution in [0, 0.1) is 13.8 Å². The monoisotopic (exact) mass is 343 g/mol. The van der Waals surface area contributed by atoms with Crippen LogP contribution < -0.4 is 0 Å². The lowest BCUT2D eigenvalue weighted by Gasteiger charge is -2.39. The van der Waals surface area contributed by atoms with Crippen molar-refractivity contribution >= 4 is 0 Å². The van der Waals surface area contributed by atoms with Crippen molar-refractivity contribution in [3.05, 3.63) is 47.1 Å². The van der Waals surface area contributed by atoms with E-state index in [1.807, 2.05) is 26.0 Å². The topological polar surface area (TPSA) is 60.6 Å². The fourth-order valence-corrected chi connectivity index (χ4v) is 3.98. The largest absolute Gasteiger partial charge is 0.373 e. The molecule has 1 aliphatic carbocycles. The van der Waals surface area contributed by atoms with Crippen LogP contribution in [-0.2, 0) is 22.6 Å². The summed E-state index contributed by atoms with van der Waals surface area (Å²) in [5.74, 6) is 0.920. The van der Waals surface area contributed by atoms with Gasteiger partial charge >= 0.3 is 0 Å². The standard InChI is InChI=1S/C19H25N3O3/c1-13-16(14(2)25-21-13)11-22-9-10-23-19-17(22)3-4-18(19)24-12-15-5-7-20-8-6-15/h5-8,17-19H,3-4,9-12H2,1-2H3/t17-,18-,19+/m0/s1. The number of nitrogens with zero attached hydrogens (tertiary/aromatic N) is 3. The van der Waals surface area contributed by atoms with Gasteiger partial charge in [-0.25, -0.2) is 0 Å². The first-order chi connectivity index (χ1) is 12.2. The minimum absolute atomic E-state index is 0.149. The number of fused-ring (bicyclic) bond motifs is 1. The molecule has 134 valence electrons. The van der Waals surface area contributed by atoms with Crippen molar-refractivity contribution < 1.29 is 14.0 Å². The number of morpholine rings is 1. The van der Waals surface area contributed by atoms with Crippen LogP contribution in [0.15, 0.2) is 29.0 Å². The lowest BCUT2D eigenvalue weighted by Crippen LogP contribution is -2.51. The molecule has 0 amide bonds. The minimum Gasteiger partial charge on any atom is -0.373 e. The Bertz CT molecular complexity index is 684. The highest BCUT2D eigenvalue weighted by Gasteiger charge is 2.43. The van der Waals surface area contributed by atoms with E-state index in [4.69, 9.17) is 14.0 Å². The zero-order chi connectivity index (χ0) is 17.2. The molecular weight excluding hydrogens is 318 g/mol. The molecule has 0 aromatic carbocycles. The van der Waals surface area contributed by atoms with Crippen LogP contribution in [0.4, 0.5) is 0 Å². The van der Waals surface area contributed by atoms with Crippen LogP contribution >= 0.6 is 0 Å². The number of rotatable bonds is 5. The summed E-state index contributed by atoms with van der Waals surface area (Å²) in [6, 6.07) is 4.40. The summed E-state index contributed by atoms with van der Waals surface area (Å²) in [4.78, 5) is 6.56. The first-order valence-corrected chi connectivity index (χ1v) is 9.00. The van der Waals surface area contributed by atoms with Crippen LogP contribution in [0.3, 0.4) is 0 Å². The Hall–Kier alpha value is -1.76. The highest BCUT2D eigenvalue weighted by atomic mass is 16.5. The fraction of sp³-hybridized carbons (Fsp3) is 0.579. The molecule has 0 N–H and O–H groups in total. The first-order valence-electron chi connectivity index (χ1n) is 9.00. The molecule has 6 nitrogen and oxygen atoms in total. The van der Waals surface area contributed by atoms with Gasteiger partial charge in [0.05, 0.1) is 31.1 Å². The summed E-state index contributed by atoms with van der Waals surface area (Å²) in [5.41, 5.74) is 3.35. The Morgan fingerprint density at radius 2 is 2.08 bits per heavy atom. The molecule has 0 bridgehead atoms. The van der Waals surface area contributed by atoms with Gasteiger partial charge in [-0.1, -0.05) is 5.16 Å². The molecule has 1 aliphatic heterocycles. The summed E-state index contributed by atoms with van der Waals surface area (Å²) in [6.45, 7) is 7.19. The van der Waals surface area contributed by atoms with E-state index in [0.717, 1.165) is 49.6 Å².